The molecule has 2 aliphatic heterocycles. The van der Waals surface area contributed by atoms with Gasteiger partial charge in [0, 0.05) is 13.1 Å². The summed E-state index contributed by atoms with van der Waals surface area (Å²) in [6.07, 6.45) is 3.89. The normalized spacial score (nSPS) is 25.2. The van der Waals surface area contributed by atoms with Crippen LogP contribution in [0.5, 0.6) is 0 Å². The molecule has 0 bridgehead atoms. The molecule has 0 saturated carbocycles. The standard InChI is InChI=1S/C12H19N3O4/c16-11(9-14-5-7-19-8-6-14)13-10-3-1-2-4-15(18)12(10)17/h1-2,10,18H,3-9H2,(H,13,16). The molecule has 1 unspecified atom stereocenters. The van der Waals surface area contributed by atoms with Crippen molar-refractivity contribution >= 4 is 11.8 Å². The minimum absolute atomic E-state index is 0.161. The number of carbonyl (C=O) groups is 2. The third kappa shape index (κ3) is 4.02. The van der Waals surface area contributed by atoms with Gasteiger partial charge >= 0.3 is 0 Å². The molecule has 0 aliphatic carbocycles. The predicted octanol–water partition coefficient (Wildman–Crippen LogP) is -1.02. The van der Waals surface area contributed by atoms with E-state index in [4.69, 9.17) is 4.74 Å². The third-order valence-electron chi connectivity index (χ3n) is 3.18. The largest absolute Gasteiger partial charge is 0.379 e. The lowest BCUT2D eigenvalue weighted by Crippen LogP contribution is -2.50. The zero-order chi connectivity index (χ0) is 13.7. The van der Waals surface area contributed by atoms with Gasteiger partial charge < -0.3 is 10.1 Å². The van der Waals surface area contributed by atoms with Crippen LogP contribution in [0.3, 0.4) is 0 Å². The molecule has 0 aromatic rings. The number of carbonyl (C=O) groups excluding carboxylic acids is 2. The number of ether oxygens (including phenoxy) is 1. The SMILES string of the molecule is O=C(CN1CCOCC1)NC1CC=CCN(O)C1=O. The highest BCUT2D eigenvalue weighted by atomic mass is 16.5. The van der Waals surface area contributed by atoms with Gasteiger partial charge in [0.2, 0.25) is 5.91 Å². The van der Waals surface area contributed by atoms with E-state index in [2.05, 4.69) is 5.32 Å². The summed E-state index contributed by atoms with van der Waals surface area (Å²) in [7, 11) is 0. The molecule has 2 N–H and O–H groups in total. The Morgan fingerprint density at radius 3 is 2.89 bits per heavy atom. The van der Waals surface area contributed by atoms with E-state index >= 15 is 0 Å². The summed E-state index contributed by atoms with van der Waals surface area (Å²) in [6, 6.07) is -0.683. The topological polar surface area (TPSA) is 82.1 Å². The molecule has 1 atom stereocenters. The summed E-state index contributed by atoms with van der Waals surface area (Å²) in [4.78, 5) is 25.6. The summed E-state index contributed by atoms with van der Waals surface area (Å²) in [5, 5.41) is 12.7. The van der Waals surface area contributed by atoms with E-state index in [0.29, 0.717) is 24.7 Å². The Morgan fingerprint density at radius 1 is 1.42 bits per heavy atom. The first-order valence-electron chi connectivity index (χ1n) is 6.41. The lowest BCUT2D eigenvalue weighted by molar-refractivity contribution is -0.165. The van der Waals surface area contributed by atoms with Crippen molar-refractivity contribution in [2.75, 3.05) is 39.4 Å². The van der Waals surface area contributed by atoms with E-state index in [1.54, 1.807) is 12.2 Å². The van der Waals surface area contributed by atoms with Gasteiger partial charge in [-0.2, -0.15) is 0 Å². The van der Waals surface area contributed by atoms with E-state index in [1.165, 1.54) is 0 Å². The molecule has 7 heteroatoms. The van der Waals surface area contributed by atoms with E-state index in [9.17, 15) is 14.8 Å². The van der Waals surface area contributed by atoms with Crippen molar-refractivity contribution in [2.45, 2.75) is 12.5 Å². The summed E-state index contributed by atoms with van der Waals surface area (Å²) < 4.78 is 5.20. The van der Waals surface area contributed by atoms with E-state index in [1.807, 2.05) is 4.90 Å². The molecule has 1 saturated heterocycles. The van der Waals surface area contributed by atoms with Crippen LogP contribution < -0.4 is 5.32 Å². The molecule has 2 heterocycles. The first-order chi connectivity index (χ1) is 9.16. The number of hydroxylamine groups is 2. The second-order valence-corrected chi connectivity index (χ2v) is 4.64. The van der Waals surface area contributed by atoms with Crippen LogP contribution in [-0.2, 0) is 14.3 Å². The maximum atomic E-state index is 11.9. The van der Waals surface area contributed by atoms with E-state index in [-0.39, 0.29) is 19.0 Å². The number of hydrogen-bond donors (Lipinski definition) is 2. The van der Waals surface area contributed by atoms with Gasteiger partial charge in [0.05, 0.1) is 26.3 Å². The first kappa shape index (κ1) is 14.0. The molecule has 2 rings (SSSR count). The Hall–Kier alpha value is -1.44. The molecule has 0 radical (unpaired) electrons. The lowest BCUT2D eigenvalue weighted by atomic mass is 10.2. The summed E-state index contributed by atoms with van der Waals surface area (Å²) >= 11 is 0. The van der Waals surface area contributed by atoms with Crippen LogP contribution in [0.25, 0.3) is 0 Å². The molecule has 1 fully saturated rings. The van der Waals surface area contributed by atoms with Crippen LogP contribution in [-0.4, -0.2) is 72.4 Å². The highest BCUT2D eigenvalue weighted by molar-refractivity contribution is 5.88. The average molecular weight is 269 g/mol. The zero-order valence-electron chi connectivity index (χ0n) is 10.7. The minimum atomic E-state index is -0.683. The molecular weight excluding hydrogens is 250 g/mol. The minimum Gasteiger partial charge on any atom is -0.379 e. The van der Waals surface area contributed by atoms with Gasteiger partial charge in [-0.25, -0.2) is 5.06 Å². The second-order valence-electron chi connectivity index (χ2n) is 4.64. The lowest BCUT2D eigenvalue weighted by Gasteiger charge is -2.27. The Labute approximate surface area is 111 Å². The van der Waals surface area contributed by atoms with Gasteiger partial charge in [-0.3, -0.25) is 19.7 Å². The molecule has 0 aromatic carbocycles. The number of nitrogens with zero attached hydrogens (tertiary/aromatic N) is 2. The van der Waals surface area contributed by atoms with Crippen LogP contribution in [0.4, 0.5) is 0 Å². The molecule has 106 valence electrons. The zero-order valence-corrected chi connectivity index (χ0v) is 10.7. The van der Waals surface area contributed by atoms with E-state index in [0.717, 1.165) is 13.1 Å². The smallest absolute Gasteiger partial charge is 0.269 e. The average Bonchev–Trinajstić information content (AvgIpc) is 2.55. The fourth-order valence-electron chi connectivity index (χ4n) is 2.10. The number of morpholine rings is 1. The molecular formula is C12H19N3O4. The Morgan fingerprint density at radius 2 is 2.16 bits per heavy atom. The maximum absolute atomic E-state index is 11.9. The van der Waals surface area contributed by atoms with E-state index < -0.39 is 11.9 Å². The van der Waals surface area contributed by atoms with Crippen LogP contribution in [0.1, 0.15) is 6.42 Å². The summed E-state index contributed by atoms with van der Waals surface area (Å²) in [5.41, 5.74) is 0. The van der Waals surface area contributed by atoms with Gasteiger partial charge in [0.15, 0.2) is 0 Å². The van der Waals surface area contributed by atoms with Gasteiger partial charge in [-0.15, -0.1) is 0 Å². The van der Waals surface area contributed by atoms with Crippen molar-refractivity contribution in [1.29, 1.82) is 0 Å². The first-order valence-corrected chi connectivity index (χ1v) is 6.41. The Balaban J connectivity index is 1.83. The molecule has 2 amide bonds. The quantitative estimate of drug-likeness (QED) is 0.506. The van der Waals surface area contributed by atoms with Gasteiger partial charge in [0.25, 0.3) is 5.91 Å². The summed E-state index contributed by atoms with van der Waals surface area (Å²) in [6.45, 7) is 3.11. The van der Waals surface area contributed by atoms with Crippen molar-refractivity contribution in [2.24, 2.45) is 0 Å². The molecule has 0 aromatic heterocycles. The predicted molar refractivity (Wildman–Crippen MR) is 66.4 cm³/mol. The number of nitrogens with one attached hydrogen (secondary N) is 1. The van der Waals surface area contributed by atoms with Gasteiger partial charge in [-0.1, -0.05) is 12.2 Å². The van der Waals surface area contributed by atoms with Crippen LogP contribution in [0, 0.1) is 0 Å². The van der Waals surface area contributed by atoms with Crippen LogP contribution in [0.15, 0.2) is 12.2 Å². The second kappa shape index (κ2) is 6.65. The van der Waals surface area contributed by atoms with Crippen LogP contribution >= 0.6 is 0 Å². The highest BCUT2D eigenvalue weighted by Gasteiger charge is 2.26. The number of hydrogen-bond acceptors (Lipinski definition) is 5. The fourth-order valence-corrected chi connectivity index (χ4v) is 2.10. The number of rotatable bonds is 3. The van der Waals surface area contributed by atoms with Crippen molar-refractivity contribution < 1.29 is 19.5 Å². The van der Waals surface area contributed by atoms with Gasteiger partial charge in [-0.05, 0) is 6.42 Å². The third-order valence-corrected chi connectivity index (χ3v) is 3.18. The maximum Gasteiger partial charge on any atom is 0.269 e. The fraction of sp³-hybridized carbons (Fsp3) is 0.667. The molecule has 0 spiro atoms. The van der Waals surface area contributed by atoms with Crippen molar-refractivity contribution in [1.82, 2.24) is 15.3 Å². The summed E-state index contributed by atoms with van der Waals surface area (Å²) in [5.74, 6) is -0.677. The highest BCUT2D eigenvalue weighted by Crippen LogP contribution is 2.05. The van der Waals surface area contributed by atoms with Crippen molar-refractivity contribution in [3.05, 3.63) is 12.2 Å². The van der Waals surface area contributed by atoms with Crippen molar-refractivity contribution in [3.8, 4) is 0 Å². The molecule has 19 heavy (non-hydrogen) atoms. The Bertz CT molecular complexity index is 366. The Kier molecular flexibility index (Phi) is 4.89. The molecule has 2 aliphatic rings. The van der Waals surface area contributed by atoms with Gasteiger partial charge in [0.1, 0.15) is 6.04 Å². The monoisotopic (exact) mass is 269 g/mol. The molecule has 7 nitrogen and oxygen atoms in total. The van der Waals surface area contributed by atoms with Crippen LogP contribution in [0.2, 0.25) is 0 Å². The number of amides is 2. The van der Waals surface area contributed by atoms with Crippen molar-refractivity contribution in [3.63, 3.8) is 0 Å².